The Morgan fingerprint density at radius 3 is 2.83 bits per heavy atom. The molecule has 1 aliphatic heterocycles. The Kier molecular flexibility index (Phi) is 4.44. The first-order chi connectivity index (χ1) is 8.66. The SMILES string of the molecule is O=C(NCCN1CCCC1)c1cc(Cl)ccc1O. The van der Waals surface area contributed by atoms with E-state index in [2.05, 4.69) is 10.2 Å². The van der Waals surface area contributed by atoms with Crippen LogP contribution in [0.25, 0.3) is 0 Å². The first kappa shape index (κ1) is 13.2. The van der Waals surface area contributed by atoms with Crippen molar-refractivity contribution < 1.29 is 9.90 Å². The number of carbonyl (C=O) groups is 1. The number of nitrogens with one attached hydrogen (secondary N) is 1. The third kappa shape index (κ3) is 3.37. The zero-order valence-electron chi connectivity index (χ0n) is 10.2. The minimum Gasteiger partial charge on any atom is -0.507 e. The van der Waals surface area contributed by atoms with Gasteiger partial charge < -0.3 is 15.3 Å². The molecule has 0 radical (unpaired) electrons. The summed E-state index contributed by atoms with van der Waals surface area (Å²) in [4.78, 5) is 14.2. The minimum absolute atomic E-state index is 0.0435. The van der Waals surface area contributed by atoms with Crippen LogP contribution in [0.4, 0.5) is 0 Å². The maximum atomic E-state index is 11.8. The predicted molar refractivity (Wildman–Crippen MR) is 71.1 cm³/mol. The number of likely N-dealkylation sites (tertiary alicyclic amines) is 1. The lowest BCUT2D eigenvalue weighted by Gasteiger charge is -2.14. The number of halogens is 1. The number of aromatic hydroxyl groups is 1. The molecule has 1 aromatic rings. The molecule has 0 saturated carbocycles. The van der Waals surface area contributed by atoms with Crippen molar-refractivity contribution in [2.24, 2.45) is 0 Å². The second-order valence-electron chi connectivity index (χ2n) is 4.47. The first-order valence-corrected chi connectivity index (χ1v) is 6.53. The number of nitrogens with zero attached hydrogens (tertiary/aromatic N) is 1. The van der Waals surface area contributed by atoms with Crippen LogP contribution in [0.15, 0.2) is 18.2 Å². The number of amides is 1. The van der Waals surface area contributed by atoms with Crippen LogP contribution in [0, 0.1) is 0 Å². The van der Waals surface area contributed by atoms with E-state index in [-0.39, 0.29) is 17.2 Å². The topological polar surface area (TPSA) is 52.6 Å². The summed E-state index contributed by atoms with van der Waals surface area (Å²) < 4.78 is 0. The summed E-state index contributed by atoms with van der Waals surface area (Å²) in [6, 6.07) is 4.46. The highest BCUT2D eigenvalue weighted by Crippen LogP contribution is 2.21. The number of phenolic OH excluding ortho intramolecular Hbond substituents is 1. The van der Waals surface area contributed by atoms with Crippen molar-refractivity contribution in [2.75, 3.05) is 26.2 Å². The lowest BCUT2D eigenvalue weighted by molar-refractivity contribution is 0.0947. The van der Waals surface area contributed by atoms with Gasteiger partial charge in [0, 0.05) is 18.1 Å². The lowest BCUT2D eigenvalue weighted by atomic mass is 10.2. The molecule has 0 aliphatic carbocycles. The summed E-state index contributed by atoms with van der Waals surface area (Å²) in [6.45, 7) is 3.66. The summed E-state index contributed by atoms with van der Waals surface area (Å²) in [5.74, 6) is -0.327. The second-order valence-corrected chi connectivity index (χ2v) is 4.90. The van der Waals surface area contributed by atoms with Gasteiger partial charge in [0.1, 0.15) is 5.75 Å². The molecule has 1 fully saturated rings. The van der Waals surface area contributed by atoms with E-state index < -0.39 is 0 Å². The molecule has 1 aromatic carbocycles. The lowest BCUT2D eigenvalue weighted by Crippen LogP contribution is -2.33. The van der Waals surface area contributed by atoms with Gasteiger partial charge in [0.2, 0.25) is 0 Å². The highest BCUT2D eigenvalue weighted by Gasteiger charge is 2.13. The van der Waals surface area contributed by atoms with Gasteiger partial charge in [0.25, 0.3) is 5.91 Å². The predicted octanol–water partition coefficient (Wildman–Crippen LogP) is 1.87. The average Bonchev–Trinajstić information content (AvgIpc) is 2.85. The Hall–Kier alpha value is -1.26. The fourth-order valence-electron chi connectivity index (χ4n) is 2.12. The quantitative estimate of drug-likeness (QED) is 0.877. The zero-order chi connectivity index (χ0) is 13.0. The van der Waals surface area contributed by atoms with Crippen LogP contribution in [0.3, 0.4) is 0 Å². The standard InChI is InChI=1S/C13H17ClN2O2/c14-10-3-4-12(17)11(9-10)13(18)15-5-8-16-6-1-2-7-16/h3-4,9,17H,1-2,5-8H2,(H,15,18). The molecule has 1 amide bonds. The van der Waals surface area contributed by atoms with Crippen LogP contribution in [-0.4, -0.2) is 42.1 Å². The Labute approximate surface area is 112 Å². The highest BCUT2D eigenvalue weighted by molar-refractivity contribution is 6.31. The van der Waals surface area contributed by atoms with Crippen LogP contribution in [0.5, 0.6) is 5.75 Å². The molecule has 1 aliphatic rings. The summed E-state index contributed by atoms with van der Waals surface area (Å²) in [7, 11) is 0. The van der Waals surface area contributed by atoms with Gasteiger partial charge in [0.05, 0.1) is 5.56 Å². The molecule has 98 valence electrons. The third-order valence-corrected chi connectivity index (χ3v) is 3.35. The van der Waals surface area contributed by atoms with Gasteiger partial charge in [-0.05, 0) is 44.1 Å². The number of carbonyl (C=O) groups excluding carboxylic acids is 1. The summed E-state index contributed by atoms with van der Waals surface area (Å²) in [6.07, 6.45) is 2.48. The van der Waals surface area contributed by atoms with Crippen molar-refractivity contribution in [1.82, 2.24) is 10.2 Å². The molecule has 2 rings (SSSR count). The molecule has 0 aromatic heterocycles. The Bertz CT molecular complexity index is 431. The molecule has 18 heavy (non-hydrogen) atoms. The van der Waals surface area contributed by atoms with Crippen LogP contribution < -0.4 is 5.32 Å². The molecule has 4 nitrogen and oxygen atoms in total. The molecule has 1 saturated heterocycles. The van der Waals surface area contributed by atoms with Crippen molar-refractivity contribution in [3.8, 4) is 5.75 Å². The van der Waals surface area contributed by atoms with Crippen LogP contribution in [-0.2, 0) is 0 Å². The number of hydrogen-bond acceptors (Lipinski definition) is 3. The van der Waals surface area contributed by atoms with E-state index >= 15 is 0 Å². The fraction of sp³-hybridized carbons (Fsp3) is 0.462. The number of benzene rings is 1. The Balaban J connectivity index is 1.85. The third-order valence-electron chi connectivity index (χ3n) is 3.12. The van der Waals surface area contributed by atoms with Gasteiger partial charge in [-0.25, -0.2) is 0 Å². The van der Waals surface area contributed by atoms with E-state index in [1.807, 2.05) is 0 Å². The molecule has 0 bridgehead atoms. The van der Waals surface area contributed by atoms with Crippen molar-refractivity contribution in [3.05, 3.63) is 28.8 Å². The van der Waals surface area contributed by atoms with Gasteiger partial charge in [-0.15, -0.1) is 0 Å². The largest absolute Gasteiger partial charge is 0.507 e. The van der Waals surface area contributed by atoms with E-state index in [0.29, 0.717) is 11.6 Å². The summed E-state index contributed by atoms with van der Waals surface area (Å²) in [5.41, 5.74) is 0.226. The molecule has 0 atom stereocenters. The molecule has 1 heterocycles. The first-order valence-electron chi connectivity index (χ1n) is 6.16. The zero-order valence-corrected chi connectivity index (χ0v) is 10.9. The normalized spacial score (nSPS) is 15.8. The molecular weight excluding hydrogens is 252 g/mol. The number of phenols is 1. The van der Waals surface area contributed by atoms with Gasteiger partial charge in [0.15, 0.2) is 0 Å². The van der Waals surface area contributed by atoms with E-state index in [0.717, 1.165) is 19.6 Å². The number of hydrogen-bond donors (Lipinski definition) is 2. The van der Waals surface area contributed by atoms with Gasteiger partial charge >= 0.3 is 0 Å². The van der Waals surface area contributed by atoms with Crippen molar-refractivity contribution in [3.63, 3.8) is 0 Å². The average molecular weight is 269 g/mol. The fourth-order valence-corrected chi connectivity index (χ4v) is 2.29. The smallest absolute Gasteiger partial charge is 0.255 e. The van der Waals surface area contributed by atoms with Crippen molar-refractivity contribution in [2.45, 2.75) is 12.8 Å². The van der Waals surface area contributed by atoms with E-state index in [1.165, 1.54) is 25.0 Å². The van der Waals surface area contributed by atoms with Gasteiger partial charge in [-0.2, -0.15) is 0 Å². The van der Waals surface area contributed by atoms with Crippen molar-refractivity contribution >= 4 is 17.5 Å². The van der Waals surface area contributed by atoms with Crippen molar-refractivity contribution in [1.29, 1.82) is 0 Å². The maximum Gasteiger partial charge on any atom is 0.255 e. The van der Waals surface area contributed by atoms with Crippen LogP contribution >= 0.6 is 11.6 Å². The van der Waals surface area contributed by atoms with Gasteiger partial charge in [-0.1, -0.05) is 11.6 Å². The Morgan fingerprint density at radius 2 is 2.11 bits per heavy atom. The summed E-state index contributed by atoms with van der Waals surface area (Å²) in [5, 5.41) is 12.8. The molecule has 0 unspecified atom stereocenters. The van der Waals surface area contributed by atoms with E-state index in [9.17, 15) is 9.90 Å². The Morgan fingerprint density at radius 1 is 1.39 bits per heavy atom. The van der Waals surface area contributed by atoms with E-state index in [4.69, 9.17) is 11.6 Å². The molecule has 0 spiro atoms. The van der Waals surface area contributed by atoms with E-state index in [1.54, 1.807) is 6.07 Å². The summed E-state index contributed by atoms with van der Waals surface area (Å²) >= 11 is 5.80. The minimum atomic E-state index is -0.283. The highest BCUT2D eigenvalue weighted by atomic mass is 35.5. The van der Waals surface area contributed by atoms with Crippen LogP contribution in [0.2, 0.25) is 5.02 Å². The van der Waals surface area contributed by atoms with Crippen LogP contribution in [0.1, 0.15) is 23.2 Å². The molecule has 5 heteroatoms. The number of rotatable bonds is 4. The van der Waals surface area contributed by atoms with Gasteiger partial charge in [-0.3, -0.25) is 4.79 Å². The molecular formula is C13H17ClN2O2. The second kappa shape index (κ2) is 6.07. The maximum absolute atomic E-state index is 11.8. The monoisotopic (exact) mass is 268 g/mol. The molecule has 2 N–H and O–H groups in total.